The molecule has 4 aromatic rings. The Labute approximate surface area is 191 Å². The summed E-state index contributed by atoms with van der Waals surface area (Å²) < 4.78 is 12.9. The molecule has 0 spiro atoms. The lowest BCUT2D eigenvalue weighted by atomic mass is 9.95. The van der Waals surface area contributed by atoms with Crippen molar-refractivity contribution in [3.05, 3.63) is 70.2 Å². The molecule has 0 aliphatic carbocycles. The van der Waals surface area contributed by atoms with Crippen LogP contribution in [0.5, 0.6) is 5.75 Å². The van der Waals surface area contributed by atoms with E-state index in [1.165, 1.54) is 6.42 Å². The summed E-state index contributed by atoms with van der Waals surface area (Å²) in [5.74, 6) is 2.68. The molecule has 1 aromatic carbocycles. The summed E-state index contributed by atoms with van der Waals surface area (Å²) in [7, 11) is 0. The van der Waals surface area contributed by atoms with Gasteiger partial charge in [-0.2, -0.15) is 0 Å². The van der Waals surface area contributed by atoms with E-state index >= 15 is 0 Å². The van der Waals surface area contributed by atoms with Gasteiger partial charge in [-0.3, -0.25) is 9.69 Å². The van der Waals surface area contributed by atoms with Crippen molar-refractivity contribution < 1.29 is 9.15 Å². The largest absolute Gasteiger partial charge is 0.494 e. The molecule has 9 nitrogen and oxygen atoms in total. The molecule has 1 fully saturated rings. The van der Waals surface area contributed by atoms with Crippen LogP contribution in [-0.2, 0) is 6.54 Å². The maximum atomic E-state index is 13.3. The van der Waals surface area contributed by atoms with Gasteiger partial charge in [-0.1, -0.05) is 6.92 Å². The fourth-order valence-electron chi connectivity index (χ4n) is 4.69. The topological polar surface area (TPSA) is 102 Å². The van der Waals surface area contributed by atoms with Crippen LogP contribution in [-0.4, -0.2) is 49.8 Å². The smallest absolute Gasteiger partial charge is 0.253 e. The highest BCUT2D eigenvalue weighted by molar-refractivity contribution is 5.80. The Morgan fingerprint density at radius 3 is 3.00 bits per heavy atom. The summed E-state index contributed by atoms with van der Waals surface area (Å²) in [4.78, 5) is 18.7. The molecule has 3 aromatic heterocycles. The number of nitrogens with zero attached hydrogens (tertiary/aromatic N) is 5. The fraction of sp³-hybridized carbons (Fsp3) is 0.417. The van der Waals surface area contributed by atoms with Crippen molar-refractivity contribution in [2.24, 2.45) is 5.92 Å². The minimum Gasteiger partial charge on any atom is -0.494 e. The summed E-state index contributed by atoms with van der Waals surface area (Å²) in [5.41, 5.74) is 1.26. The zero-order valence-electron chi connectivity index (χ0n) is 18.9. The number of furan rings is 1. The Morgan fingerprint density at radius 1 is 1.30 bits per heavy atom. The summed E-state index contributed by atoms with van der Waals surface area (Å²) >= 11 is 0. The second kappa shape index (κ2) is 9.19. The number of hydrogen-bond acceptors (Lipinski definition) is 7. The molecule has 2 atom stereocenters. The highest BCUT2D eigenvalue weighted by Gasteiger charge is 2.33. The standard InChI is InChI=1S/C24H28N6O3/c1-3-32-18-8-9-21-17(12-18)13-20(24(31)25-21)22(29-10-4-6-16(2)14-29)23-26-27-28-30(23)15-19-7-5-11-33-19/h5,7-9,11-13,16,22H,3-4,6,10,14-15H2,1-2H3,(H,25,31)/t16-,22+/m1/s1. The van der Waals surface area contributed by atoms with Crippen molar-refractivity contribution in [2.45, 2.75) is 39.3 Å². The molecule has 0 amide bonds. The van der Waals surface area contributed by atoms with Crippen molar-refractivity contribution in [3.63, 3.8) is 0 Å². The number of aromatic nitrogens is 5. The molecule has 0 radical (unpaired) electrons. The molecular formula is C24H28N6O3. The number of fused-ring (bicyclic) bond motifs is 1. The minimum absolute atomic E-state index is 0.137. The fourth-order valence-corrected chi connectivity index (χ4v) is 4.69. The van der Waals surface area contributed by atoms with Gasteiger partial charge >= 0.3 is 0 Å². The lowest BCUT2D eigenvalue weighted by molar-refractivity contribution is 0.141. The van der Waals surface area contributed by atoms with Gasteiger partial charge in [-0.15, -0.1) is 5.10 Å². The van der Waals surface area contributed by atoms with E-state index in [2.05, 4.69) is 32.3 Å². The molecule has 1 saturated heterocycles. The normalized spacial score (nSPS) is 17.9. The number of piperidine rings is 1. The Bertz CT molecular complexity index is 1280. The minimum atomic E-state index is -0.374. The maximum absolute atomic E-state index is 13.3. The first kappa shape index (κ1) is 21.4. The number of tetrazole rings is 1. The van der Waals surface area contributed by atoms with Gasteiger partial charge in [0.15, 0.2) is 5.82 Å². The third kappa shape index (κ3) is 4.41. The summed E-state index contributed by atoms with van der Waals surface area (Å²) in [6.07, 6.45) is 3.87. The number of H-pyrrole nitrogens is 1. The molecule has 9 heteroatoms. The predicted octanol–water partition coefficient (Wildman–Crippen LogP) is 3.38. The van der Waals surface area contributed by atoms with Gasteiger partial charge in [0.05, 0.1) is 12.9 Å². The van der Waals surface area contributed by atoms with Crippen LogP contribution in [0.15, 0.2) is 51.9 Å². The van der Waals surface area contributed by atoms with Crippen molar-refractivity contribution in [1.29, 1.82) is 0 Å². The quantitative estimate of drug-likeness (QED) is 0.462. The van der Waals surface area contributed by atoms with Gasteiger partial charge in [0.2, 0.25) is 0 Å². The van der Waals surface area contributed by atoms with E-state index in [0.29, 0.717) is 30.5 Å². The molecular weight excluding hydrogens is 420 g/mol. The average molecular weight is 449 g/mol. The number of pyridine rings is 1. The Kier molecular flexibility index (Phi) is 5.95. The number of aromatic amines is 1. The molecule has 172 valence electrons. The van der Waals surface area contributed by atoms with Crippen LogP contribution in [0.3, 0.4) is 0 Å². The number of rotatable bonds is 7. The van der Waals surface area contributed by atoms with Gasteiger partial charge < -0.3 is 14.1 Å². The van der Waals surface area contributed by atoms with E-state index in [4.69, 9.17) is 9.15 Å². The number of ether oxygens (including phenoxy) is 1. The van der Waals surface area contributed by atoms with Crippen LogP contribution in [0.1, 0.15) is 49.9 Å². The average Bonchev–Trinajstić information content (AvgIpc) is 3.48. The van der Waals surface area contributed by atoms with Crippen LogP contribution >= 0.6 is 0 Å². The van der Waals surface area contributed by atoms with E-state index in [-0.39, 0.29) is 11.6 Å². The lowest BCUT2D eigenvalue weighted by Gasteiger charge is -2.36. The Morgan fingerprint density at radius 2 is 2.21 bits per heavy atom. The second-order valence-electron chi connectivity index (χ2n) is 8.65. The number of nitrogens with one attached hydrogen (secondary N) is 1. The lowest BCUT2D eigenvalue weighted by Crippen LogP contribution is -2.41. The maximum Gasteiger partial charge on any atom is 0.253 e. The van der Waals surface area contributed by atoms with Gasteiger partial charge in [0, 0.05) is 23.0 Å². The van der Waals surface area contributed by atoms with Crippen LogP contribution in [0.2, 0.25) is 0 Å². The Hall–Kier alpha value is -3.46. The van der Waals surface area contributed by atoms with Crippen molar-refractivity contribution >= 4 is 10.9 Å². The van der Waals surface area contributed by atoms with E-state index in [0.717, 1.165) is 41.9 Å². The SMILES string of the molecule is CCOc1ccc2[nH]c(=O)c([C@@H](c3nnnn3Cc3ccco3)N3CCC[C@@H](C)C3)cc2c1. The monoisotopic (exact) mass is 448 g/mol. The molecule has 0 saturated carbocycles. The molecule has 33 heavy (non-hydrogen) atoms. The summed E-state index contributed by atoms with van der Waals surface area (Å²) in [6, 6.07) is 11.0. The molecule has 0 bridgehead atoms. The summed E-state index contributed by atoms with van der Waals surface area (Å²) in [5, 5.41) is 13.5. The van der Waals surface area contributed by atoms with E-state index < -0.39 is 0 Å². The highest BCUT2D eigenvalue weighted by atomic mass is 16.5. The van der Waals surface area contributed by atoms with E-state index in [9.17, 15) is 4.79 Å². The zero-order chi connectivity index (χ0) is 22.8. The van der Waals surface area contributed by atoms with Crippen LogP contribution in [0, 0.1) is 5.92 Å². The number of hydrogen-bond donors (Lipinski definition) is 1. The molecule has 1 aliphatic heterocycles. The summed E-state index contributed by atoms with van der Waals surface area (Å²) in [6.45, 7) is 6.92. The first-order valence-electron chi connectivity index (χ1n) is 11.4. The van der Waals surface area contributed by atoms with Gasteiger partial charge in [-0.25, -0.2) is 4.68 Å². The van der Waals surface area contributed by atoms with Crippen LogP contribution < -0.4 is 10.3 Å². The van der Waals surface area contributed by atoms with Crippen molar-refractivity contribution in [1.82, 2.24) is 30.1 Å². The third-order valence-corrected chi connectivity index (χ3v) is 6.19. The van der Waals surface area contributed by atoms with Gasteiger partial charge in [0.1, 0.15) is 24.1 Å². The molecule has 1 aliphatic rings. The second-order valence-corrected chi connectivity index (χ2v) is 8.65. The molecule has 1 N–H and O–H groups in total. The van der Waals surface area contributed by atoms with Gasteiger partial charge in [0.25, 0.3) is 5.56 Å². The van der Waals surface area contributed by atoms with E-state index in [1.807, 2.05) is 43.3 Å². The first-order chi connectivity index (χ1) is 16.1. The van der Waals surface area contributed by atoms with E-state index in [1.54, 1.807) is 10.9 Å². The van der Waals surface area contributed by atoms with Crippen molar-refractivity contribution in [2.75, 3.05) is 19.7 Å². The molecule has 5 rings (SSSR count). The van der Waals surface area contributed by atoms with Crippen LogP contribution in [0.4, 0.5) is 0 Å². The number of benzene rings is 1. The zero-order valence-corrected chi connectivity index (χ0v) is 18.9. The van der Waals surface area contributed by atoms with Crippen molar-refractivity contribution in [3.8, 4) is 5.75 Å². The third-order valence-electron chi connectivity index (χ3n) is 6.19. The van der Waals surface area contributed by atoms with Crippen LogP contribution in [0.25, 0.3) is 10.9 Å². The first-order valence-corrected chi connectivity index (χ1v) is 11.4. The molecule has 0 unspecified atom stereocenters. The van der Waals surface area contributed by atoms with Gasteiger partial charge in [-0.05, 0) is 79.1 Å². The predicted molar refractivity (Wildman–Crippen MR) is 123 cm³/mol. The Balaban J connectivity index is 1.62. The highest BCUT2D eigenvalue weighted by Crippen LogP contribution is 2.31. The molecule has 4 heterocycles. The number of likely N-dealkylation sites (tertiary alicyclic amines) is 1.